The zero-order chi connectivity index (χ0) is 19.0. The largest absolute Gasteiger partial charge is 0.493 e. The number of hydrogen-bond donors (Lipinski definition) is 1. The fourth-order valence-corrected chi connectivity index (χ4v) is 3.68. The molecule has 0 fully saturated rings. The first-order valence-corrected chi connectivity index (χ1v) is 9.13. The minimum Gasteiger partial charge on any atom is -0.493 e. The minimum atomic E-state index is -0.897. The van der Waals surface area contributed by atoms with Crippen molar-refractivity contribution in [1.82, 2.24) is 0 Å². The number of ether oxygens (including phenoxy) is 1. The van der Waals surface area contributed by atoms with Crippen molar-refractivity contribution in [1.29, 1.82) is 0 Å². The fraction of sp³-hybridized carbons (Fsp3) is 0.0952. The molecule has 1 aliphatic rings. The molecular weight excluding hydrogens is 416 g/mol. The Bertz CT molecular complexity index is 1010. The molecule has 6 heteroatoms. The van der Waals surface area contributed by atoms with E-state index in [-0.39, 0.29) is 0 Å². The molecule has 0 bridgehead atoms. The summed E-state index contributed by atoms with van der Waals surface area (Å²) in [5, 5.41) is 2.52. The van der Waals surface area contributed by atoms with E-state index in [9.17, 15) is 13.6 Å². The summed E-state index contributed by atoms with van der Waals surface area (Å²) in [5.74, 6) is -1.75. The van der Waals surface area contributed by atoms with Gasteiger partial charge in [0, 0.05) is 16.6 Å². The highest BCUT2D eigenvalue weighted by Crippen LogP contribution is 2.37. The van der Waals surface area contributed by atoms with Gasteiger partial charge in [0.25, 0.3) is 5.91 Å². The predicted octanol–water partition coefficient (Wildman–Crippen LogP) is 5.58. The van der Waals surface area contributed by atoms with Crippen LogP contribution >= 0.6 is 15.9 Å². The number of carbonyl (C=O) groups excluding carboxylic acids is 1. The Morgan fingerprint density at radius 2 is 1.74 bits per heavy atom. The molecule has 136 valence electrons. The van der Waals surface area contributed by atoms with Crippen molar-refractivity contribution in [2.75, 3.05) is 11.9 Å². The van der Waals surface area contributed by atoms with Crippen LogP contribution in [-0.2, 0) is 6.42 Å². The molecule has 0 unspecified atom stereocenters. The van der Waals surface area contributed by atoms with E-state index in [2.05, 4.69) is 21.2 Å². The highest BCUT2D eigenvalue weighted by molar-refractivity contribution is 9.10. The first-order valence-electron chi connectivity index (χ1n) is 8.34. The molecule has 0 radical (unpaired) electrons. The van der Waals surface area contributed by atoms with Crippen LogP contribution in [0.5, 0.6) is 5.75 Å². The fourth-order valence-electron chi connectivity index (χ4n) is 3.06. The van der Waals surface area contributed by atoms with Gasteiger partial charge in [-0.15, -0.1) is 0 Å². The number of nitrogens with one attached hydrogen (secondary N) is 1. The van der Waals surface area contributed by atoms with E-state index in [1.54, 1.807) is 12.1 Å². The summed E-state index contributed by atoms with van der Waals surface area (Å²) < 4.78 is 34.0. The van der Waals surface area contributed by atoms with Crippen molar-refractivity contribution in [2.24, 2.45) is 0 Å². The minimum absolute atomic E-state index is 0.444. The van der Waals surface area contributed by atoms with E-state index >= 15 is 0 Å². The highest BCUT2D eigenvalue weighted by Gasteiger charge is 2.18. The Hall–Kier alpha value is -2.73. The Kier molecular flexibility index (Phi) is 4.66. The molecule has 0 aliphatic carbocycles. The lowest BCUT2D eigenvalue weighted by atomic mass is 10.0. The van der Waals surface area contributed by atoms with Crippen LogP contribution in [0.1, 0.15) is 15.9 Å². The van der Waals surface area contributed by atoms with Crippen LogP contribution in [0, 0.1) is 11.6 Å². The van der Waals surface area contributed by atoms with Gasteiger partial charge in [-0.3, -0.25) is 4.79 Å². The summed E-state index contributed by atoms with van der Waals surface area (Å²) in [6, 6.07) is 14.4. The smallest absolute Gasteiger partial charge is 0.261 e. The summed E-state index contributed by atoms with van der Waals surface area (Å²) in [6.07, 6.45) is 0.895. The third-order valence-corrected chi connectivity index (χ3v) is 5.08. The third kappa shape index (κ3) is 3.45. The normalized spacial score (nSPS) is 12.4. The zero-order valence-electron chi connectivity index (χ0n) is 14.1. The number of benzene rings is 3. The number of carbonyl (C=O) groups is 1. The Labute approximate surface area is 163 Å². The van der Waals surface area contributed by atoms with E-state index in [0.29, 0.717) is 12.3 Å². The van der Waals surface area contributed by atoms with Crippen molar-refractivity contribution >= 4 is 27.5 Å². The van der Waals surface area contributed by atoms with Gasteiger partial charge < -0.3 is 10.1 Å². The van der Waals surface area contributed by atoms with Crippen LogP contribution in [0.15, 0.2) is 59.1 Å². The number of amides is 1. The van der Waals surface area contributed by atoms with Crippen molar-refractivity contribution in [3.8, 4) is 16.9 Å². The molecule has 3 aromatic rings. The van der Waals surface area contributed by atoms with Gasteiger partial charge in [-0.25, -0.2) is 8.78 Å². The molecule has 4 rings (SSSR count). The molecule has 1 aliphatic heterocycles. The number of halogens is 3. The lowest BCUT2D eigenvalue weighted by Crippen LogP contribution is -2.15. The van der Waals surface area contributed by atoms with Crippen LogP contribution in [-0.4, -0.2) is 12.5 Å². The maximum Gasteiger partial charge on any atom is 0.261 e. The summed E-state index contributed by atoms with van der Waals surface area (Å²) >= 11 is 3.58. The SMILES string of the molecule is O=C(Nc1ccc(-c2cc3c(cc2Br)CCO3)cc1)c1c(F)cccc1F. The lowest BCUT2D eigenvalue weighted by Gasteiger charge is -2.10. The summed E-state index contributed by atoms with van der Waals surface area (Å²) in [5.41, 5.74) is 2.91. The Balaban J connectivity index is 1.57. The van der Waals surface area contributed by atoms with Crippen LogP contribution < -0.4 is 10.1 Å². The standard InChI is InChI=1S/C21H14BrF2NO2/c22-16-10-13-8-9-27-19(13)11-15(16)12-4-6-14(7-5-12)25-21(26)20-17(23)2-1-3-18(20)24/h1-7,10-11H,8-9H2,(H,25,26). The van der Waals surface area contributed by atoms with Crippen LogP contribution in [0.3, 0.4) is 0 Å². The molecule has 0 spiro atoms. The van der Waals surface area contributed by atoms with Crippen LogP contribution in [0.25, 0.3) is 11.1 Å². The second-order valence-corrected chi connectivity index (χ2v) is 7.02. The topological polar surface area (TPSA) is 38.3 Å². The first kappa shape index (κ1) is 17.7. The molecule has 1 N–H and O–H groups in total. The van der Waals surface area contributed by atoms with Gasteiger partial charge in [-0.2, -0.15) is 0 Å². The molecular formula is C21H14BrF2NO2. The number of rotatable bonds is 3. The maximum absolute atomic E-state index is 13.7. The molecule has 0 aromatic heterocycles. The highest BCUT2D eigenvalue weighted by atomic mass is 79.9. The molecule has 3 nitrogen and oxygen atoms in total. The molecule has 0 atom stereocenters. The quantitative estimate of drug-likeness (QED) is 0.589. The maximum atomic E-state index is 13.7. The third-order valence-electron chi connectivity index (χ3n) is 4.42. The summed E-state index contributed by atoms with van der Waals surface area (Å²) in [6.45, 7) is 0.683. The van der Waals surface area contributed by atoms with Gasteiger partial charge in [0.1, 0.15) is 22.9 Å². The van der Waals surface area contributed by atoms with Crippen LogP contribution in [0.4, 0.5) is 14.5 Å². The average molecular weight is 430 g/mol. The second kappa shape index (κ2) is 7.12. The molecule has 0 saturated heterocycles. The number of fused-ring (bicyclic) bond motifs is 1. The number of hydrogen-bond acceptors (Lipinski definition) is 2. The van der Waals surface area contributed by atoms with Gasteiger partial charge in [0.2, 0.25) is 0 Å². The first-order chi connectivity index (χ1) is 13.0. The van der Waals surface area contributed by atoms with E-state index in [4.69, 9.17) is 4.74 Å². The Morgan fingerprint density at radius 1 is 1.04 bits per heavy atom. The van der Waals surface area contributed by atoms with Gasteiger partial charge in [-0.1, -0.05) is 34.1 Å². The summed E-state index contributed by atoms with van der Waals surface area (Å²) in [4.78, 5) is 12.2. The second-order valence-electron chi connectivity index (χ2n) is 6.17. The van der Waals surface area contributed by atoms with Crippen molar-refractivity contribution in [2.45, 2.75) is 6.42 Å². The monoisotopic (exact) mass is 429 g/mol. The van der Waals surface area contributed by atoms with E-state index in [1.165, 1.54) is 11.6 Å². The zero-order valence-corrected chi connectivity index (χ0v) is 15.6. The van der Waals surface area contributed by atoms with Gasteiger partial charge in [-0.05, 0) is 53.1 Å². The molecule has 1 heterocycles. The molecule has 27 heavy (non-hydrogen) atoms. The van der Waals surface area contributed by atoms with Crippen molar-refractivity contribution < 1.29 is 18.3 Å². The molecule has 1 amide bonds. The summed E-state index contributed by atoms with van der Waals surface area (Å²) in [7, 11) is 0. The lowest BCUT2D eigenvalue weighted by molar-refractivity contribution is 0.101. The van der Waals surface area contributed by atoms with Gasteiger partial charge in [0.15, 0.2) is 0 Å². The average Bonchev–Trinajstić information content (AvgIpc) is 3.09. The van der Waals surface area contributed by atoms with E-state index < -0.39 is 23.1 Å². The van der Waals surface area contributed by atoms with Crippen molar-refractivity contribution in [3.05, 3.63) is 81.8 Å². The van der Waals surface area contributed by atoms with Gasteiger partial charge >= 0.3 is 0 Å². The Morgan fingerprint density at radius 3 is 2.44 bits per heavy atom. The van der Waals surface area contributed by atoms with E-state index in [1.807, 2.05) is 24.3 Å². The number of anilines is 1. The van der Waals surface area contributed by atoms with E-state index in [0.717, 1.165) is 39.9 Å². The predicted molar refractivity (Wildman–Crippen MR) is 103 cm³/mol. The van der Waals surface area contributed by atoms with Gasteiger partial charge in [0.05, 0.1) is 6.61 Å². The van der Waals surface area contributed by atoms with Crippen molar-refractivity contribution in [3.63, 3.8) is 0 Å². The van der Waals surface area contributed by atoms with Crippen LogP contribution in [0.2, 0.25) is 0 Å². The molecule has 3 aromatic carbocycles. The molecule has 0 saturated carbocycles.